The third-order valence-corrected chi connectivity index (χ3v) is 4.56. The fourth-order valence-corrected chi connectivity index (χ4v) is 3.14. The van der Waals surface area contributed by atoms with E-state index in [1.807, 2.05) is 6.92 Å². The average molecular weight is 493 g/mol. The molecule has 1 amide bonds. The average Bonchev–Trinajstić information content (AvgIpc) is 2.58. The van der Waals surface area contributed by atoms with E-state index in [-0.39, 0.29) is 5.91 Å². The van der Waals surface area contributed by atoms with Crippen LogP contribution in [0, 0.1) is 3.57 Å². The summed E-state index contributed by atoms with van der Waals surface area (Å²) in [5.74, 6) is 0.703. The first-order valence-corrected chi connectivity index (χ1v) is 9.08. The Labute approximate surface area is 169 Å². The number of halogens is 3. The number of carbonyl (C=O) groups is 1. The van der Waals surface area contributed by atoms with Gasteiger partial charge in [-0.3, -0.25) is 4.79 Å². The Morgan fingerprint density at radius 1 is 1.28 bits per heavy atom. The number of benzene rings is 2. The molecule has 0 fully saturated rings. The zero-order valence-corrected chi connectivity index (χ0v) is 17.1. The topological polar surface area (TPSA) is 59.9 Å². The van der Waals surface area contributed by atoms with E-state index in [4.69, 9.17) is 32.7 Å². The van der Waals surface area contributed by atoms with Crippen molar-refractivity contribution in [3.8, 4) is 11.5 Å². The number of nitrogens with one attached hydrogen (secondary N) is 1. The van der Waals surface area contributed by atoms with Gasteiger partial charge in [0.2, 0.25) is 0 Å². The number of hydrogen-bond donors (Lipinski definition) is 1. The standard InChI is InChI=1S/C17H15Cl2IN2O3/c1-3-25-16-12(18)6-10(7-13(16)19)9-21-22-17(23)11-4-5-14(20)15(8-11)24-2/h4-9H,3H2,1-2H3,(H,22,23)/b21-9-. The van der Waals surface area contributed by atoms with Crippen LogP contribution in [0.25, 0.3) is 0 Å². The minimum absolute atomic E-state index is 0.353. The van der Waals surface area contributed by atoms with Crippen molar-refractivity contribution in [2.24, 2.45) is 5.10 Å². The molecule has 0 saturated heterocycles. The molecule has 0 aromatic heterocycles. The normalized spacial score (nSPS) is 10.8. The van der Waals surface area contributed by atoms with Gasteiger partial charge in [-0.25, -0.2) is 5.43 Å². The van der Waals surface area contributed by atoms with Crippen molar-refractivity contribution in [3.05, 3.63) is 55.1 Å². The summed E-state index contributed by atoms with van der Waals surface area (Å²) < 4.78 is 11.5. The Morgan fingerprint density at radius 3 is 2.56 bits per heavy atom. The molecule has 0 unspecified atom stereocenters. The zero-order valence-electron chi connectivity index (χ0n) is 13.5. The lowest BCUT2D eigenvalue weighted by Crippen LogP contribution is -2.17. The number of methoxy groups -OCH3 is 1. The Kier molecular flexibility index (Phi) is 7.34. The number of ether oxygens (including phenoxy) is 2. The molecular weight excluding hydrogens is 478 g/mol. The zero-order chi connectivity index (χ0) is 18.4. The minimum Gasteiger partial charge on any atom is -0.496 e. The summed E-state index contributed by atoms with van der Waals surface area (Å²) in [5, 5.41) is 4.69. The number of amides is 1. The van der Waals surface area contributed by atoms with Crippen LogP contribution in [0.15, 0.2) is 35.4 Å². The van der Waals surface area contributed by atoms with E-state index in [9.17, 15) is 4.79 Å². The Hall–Kier alpha value is -1.51. The Bertz CT molecular complexity index is 789. The second-order valence-corrected chi connectivity index (χ2v) is 6.77. The van der Waals surface area contributed by atoms with Crippen LogP contribution in [0.1, 0.15) is 22.8 Å². The van der Waals surface area contributed by atoms with Crippen LogP contribution < -0.4 is 14.9 Å². The summed E-state index contributed by atoms with van der Waals surface area (Å²) in [6, 6.07) is 8.45. The van der Waals surface area contributed by atoms with Crippen LogP contribution in [0.4, 0.5) is 0 Å². The maximum atomic E-state index is 12.1. The first-order valence-electron chi connectivity index (χ1n) is 7.25. The molecule has 0 atom stereocenters. The van der Waals surface area contributed by atoms with E-state index < -0.39 is 0 Å². The molecule has 5 nitrogen and oxygen atoms in total. The van der Waals surface area contributed by atoms with Crippen molar-refractivity contribution in [1.29, 1.82) is 0 Å². The highest BCUT2D eigenvalue weighted by Crippen LogP contribution is 2.33. The van der Waals surface area contributed by atoms with Gasteiger partial charge in [-0.15, -0.1) is 0 Å². The fourth-order valence-electron chi connectivity index (χ4n) is 1.97. The van der Waals surface area contributed by atoms with Crippen LogP contribution in [0.3, 0.4) is 0 Å². The van der Waals surface area contributed by atoms with Crippen LogP contribution in [0.2, 0.25) is 10.0 Å². The van der Waals surface area contributed by atoms with Gasteiger partial charge in [-0.2, -0.15) is 5.10 Å². The minimum atomic E-state index is -0.353. The summed E-state index contributed by atoms with van der Waals surface area (Å²) in [5.41, 5.74) is 3.53. The number of hydrazone groups is 1. The van der Waals surface area contributed by atoms with Gasteiger partial charge in [0.25, 0.3) is 5.91 Å². The molecule has 0 spiro atoms. The summed E-state index contributed by atoms with van der Waals surface area (Å²) in [6.07, 6.45) is 1.45. The van der Waals surface area contributed by atoms with E-state index in [0.29, 0.717) is 39.3 Å². The summed E-state index contributed by atoms with van der Waals surface area (Å²) in [6.45, 7) is 2.31. The lowest BCUT2D eigenvalue weighted by Gasteiger charge is -2.08. The van der Waals surface area contributed by atoms with Crippen LogP contribution >= 0.6 is 45.8 Å². The fraction of sp³-hybridized carbons (Fsp3) is 0.176. The van der Waals surface area contributed by atoms with Gasteiger partial charge in [0.15, 0.2) is 5.75 Å². The Morgan fingerprint density at radius 2 is 1.96 bits per heavy atom. The number of carbonyl (C=O) groups excluding carboxylic acids is 1. The van der Waals surface area contributed by atoms with Crippen molar-refractivity contribution in [3.63, 3.8) is 0 Å². The second kappa shape index (κ2) is 9.26. The maximum Gasteiger partial charge on any atom is 0.271 e. The first-order chi connectivity index (χ1) is 12.0. The van der Waals surface area contributed by atoms with Crippen LogP contribution in [0.5, 0.6) is 11.5 Å². The molecule has 1 N–H and O–H groups in total. The van der Waals surface area contributed by atoms with Crippen molar-refractivity contribution in [2.75, 3.05) is 13.7 Å². The second-order valence-electron chi connectivity index (χ2n) is 4.80. The highest BCUT2D eigenvalue weighted by Gasteiger charge is 2.10. The molecule has 132 valence electrons. The first kappa shape index (κ1) is 19.8. The van der Waals surface area contributed by atoms with E-state index in [0.717, 1.165) is 3.57 Å². The van der Waals surface area contributed by atoms with Crippen LogP contribution in [-0.4, -0.2) is 25.8 Å². The van der Waals surface area contributed by atoms with Crippen molar-refractivity contribution in [2.45, 2.75) is 6.92 Å². The Balaban J connectivity index is 2.09. The van der Waals surface area contributed by atoms with Gasteiger partial charge < -0.3 is 9.47 Å². The molecule has 25 heavy (non-hydrogen) atoms. The summed E-state index contributed by atoms with van der Waals surface area (Å²) >= 11 is 14.4. The van der Waals surface area contributed by atoms with Gasteiger partial charge >= 0.3 is 0 Å². The van der Waals surface area contributed by atoms with Crippen LogP contribution in [-0.2, 0) is 0 Å². The molecule has 0 radical (unpaired) electrons. The molecule has 2 aromatic carbocycles. The number of rotatable bonds is 6. The third-order valence-electron chi connectivity index (χ3n) is 3.10. The van der Waals surface area contributed by atoms with E-state index in [1.165, 1.54) is 6.21 Å². The van der Waals surface area contributed by atoms with Gasteiger partial charge in [-0.05, 0) is 65.4 Å². The van der Waals surface area contributed by atoms with Gasteiger partial charge in [0.1, 0.15) is 5.75 Å². The SMILES string of the molecule is CCOc1c(Cl)cc(/C=N\NC(=O)c2ccc(I)c(OC)c2)cc1Cl. The maximum absolute atomic E-state index is 12.1. The molecule has 0 aliphatic carbocycles. The highest BCUT2D eigenvalue weighted by molar-refractivity contribution is 14.1. The van der Waals surface area contributed by atoms with Crippen molar-refractivity contribution < 1.29 is 14.3 Å². The molecule has 2 aromatic rings. The number of nitrogens with zero attached hydrogens (tertiary/aromatic N) is 1. The number of hydrogen-bond acceptors (Lipinski definition) is 4. The summed E-state index contributed by atoms with van der Waals surface area (Å²) in [7, 11) is 1.55. The lowest BCUT2D eigenvalue weighted by atomic mass is 10.2. The molecule has 0 aliphatic rings. The predicted molar refractivity (Wildman–Crippen MR) is 108 cm³/mol. The predicted octanol–water partition coefficient (Wildman–Crippen LogP) is 4.77. The van der Waals surface area contributed by atoms with Crippen molar-refractivity contribution in [1.82, 2.24) is 5.43 Å². The third kappa shape index (κ3) is 5.23. The highest BCUT2D eigenvalue weighted by atomic mass is 127. The van der Waals surface area contributed by atoms with E-state index >= 15 is 0 Å². The van der Waals surface area contributed by atoms with E-state index in [2.05, 4.69) is 33.1 Å². The molecule has 0 saturated carbocycles. The largest absolute Gasteiger partial charge is 0.496 e. The van der Waals surface area contributed by atoms with Gasteiger partial charge in [0, 0.05) is 5.56 Å². The molecular formula is C17H15Cl2IN2O3. The smallest absolute Gasteiger partial charge is 0.271 e. The molecule has 0 heterocycles. The quantitative estimate of drug-likeness (QED) is 0.359. The molecule has 8 heteroatoms. The van der Waals surface area contributed by atoms with Gasteiger partial charge in [0.05, 0.1) is 33.5 Å². The lowest BCUT2D eigenvalue weighted by molar-refractivity contribution is 0.0954. The monoisotopic (exact) mass is 492 g/mol. The summed E-state index contributed by atoms with van der Waals surface area (Å²) in [4.78, 5) is 12.1. The molecule has 2 rings (SSSR count). The van der Waals surface area contributed by atoms with E-state index in [1.54, 1.807) is 37.4 Å². The van der Waals surface area contributed by atoms with Crippen molar-refractivity contribution >= 4 is 57.9 Å². The molecule has 0 bridgehead atoms. The van der Waals surface area contributed by atoms with Gasteiger partial charge in [-0.1, -0.05) is 23.2 Å². The molecule has 0 aliphatic heterocycles.